The van der Waals surface area contributed by atoms with Gasteiger partial charge in [0.15, 0.2) is 0 Å². The Morgan fingerprint density at radius 3 is 2.67 bits per heavy atom. The second-order valence-corrected chi connectivity index (χ2v) is 4.28. The largest absolute Gasteiger partial charge is 0.303 e. The summed E-state index contributed by atoms with van der Waals surface area (Å²) in [5, 5.41) is 3.27. The van der Waals surface area contributed by atoms with Gasteiger partial charge < -0.3 is 5.32 Å². The molecule has 3 nitrogen and oxygen atoms in total. The summed E-state index contributed by atoms with van der Waals surface area (Å²) in [5.74, 6) is 0.564. The standard InChI is InChI=1S/C14H16FN3/c1-10-4-5-12(8-13(10)15)11(2)18-9-14-16-6-3-7-17-14/h3-8,11,18H,9H2,1-2H3. The molecule has 1 aromatic heterocycles. The fourth-order valence-corrected chi connectivity index (χ4v) is 1.66. The Bertz CT molecular complexity index is 514. The summed E-state index contributed by atoms with van der Waals surface area (Å²) in [6, 6.07) is 7.13. The first kappa shape index (κ1) is 12.6. The minimum absolute atomic E-state index is 0.0592. The first-order valence-electron chi connectivity index (χ1n) is 5.92. The molecule has 0 saturated heterocycles. The minimum Gasteiger partial charge on any atom is -0.303 e. The van der Waals surface area contributed by atoms with E-state index in [1.54, 1.807) is 37.5 Å². The number of benzene rings is 1. The quantitative estimate of drug-likeness (QED) is 0.900. The zero-order chi connectivity index (χ0) is 13.0. The Hall–Kier alpha value is -1.81. The number of rotatable bonds is 4. The SMILES string of the molecule is Cc1ccc(C(C)NCc2ncccn2)cc1F. The average Bonchev–Trinajstić information content (AvgIpc) is 2.40. The van der Waals surface area contributed by atoms with Crippen LogP contribution in [-0.4, -0.2) is 9.97 Å². The van der Waals surface area contributed by atoms with Crippen LogP contribution in [0.5, 0.6) is 0 Å². The molecule has 0 aliphatic carbocycles. The van der Waals surface area contributed by atoms with E-state index in [2.05, 4.69) is 15.3 Å². The van der Waals surface area contributed by atoms with Gasteiger partial charge in [-0.2, -0.15) is 0 Å². The van der Waals surface area contributed by atoms with Crippen LogP contribution < -0.4 is 5.32 Å². The van der Waals surface area contributed by atoms with Gasteiger partial charge in [0.05, 0.1) is 6.54 Å². The molecule has 0 radical (unpaired) electrons. The highest BCUT2D eigenvalue weighted by atomic mass is 19.1. The summed E-state index contributed by atoms with van der Waals surface area (Å²) in [7, 11) is 0. The maximum atomic E-state index is 13.5. The van der Waals surface area contributed by atoms with Crippen molar-refractivity contribution in [2.75, 3.05) is 0 Å². The Morgan fingerprint density at radius 1 is 1.28 bits per heavy atom. The lowest BCUT2D eigenvalue weighted by atomic mass is 10.1. The summed E-state index contributed by atoms with van der Waals surface area (Å²) in [6.07, 6.45) is 3.42. The van der Waals surface area contributed by atoms with Crippen LogP contribution >= 0.6 is 0 Å². The van der Waals surface area contributed by atoms with Crippen LogP contribution in [0.4, 0.5) is 4.39 Å². The highest BCUT2D eigenvalue weighted by Crippen LogP contribution is 2.16. The minimum atomic E-state index is -0.169. The van der Waals surface area contributed by atoms with Gasteiger partial charge in [-0.05, 0) is 37.1 Å². The van der Waals surface area contributed by atoms with Crippen molar-refractivity contribution in [1.29, 1.82) is 0 Å². The van der Waals surface area contributed by atoms with E-state index in [0.717, 1.165) is 11.4 Å². The Morgan fingerprint density at radius 2 is 2.00 bits per heavy atom. The smallest absolute Gasteiger partial charge is 0.141 e. The van der Waals surface area contributed by atoms with E-state index >= 15 is 0 Å². The van der Waals surface area contributed by atoms with E-state index in [0.29, 0.717) is 12.1 Å². The number of hydrogen-bond acceptors (Lipinski definition) is 3. The molecule has 0 aliphatic rings. The van der Waals surface area contributed by atoms with Crippen LogP contribution in [0.2, 0.25) is 0 Å². The number of nitrogens with one attached hydrogen (secondary N) is 1. The molecule has 1 atom stereocenters. The van der Waals surface area contributed by atoms with Gasteiger partial charge in [-0.25, -0.2) is 14.4 Å². The lowest BCUT2D eigenvalue weighted by Gasteiger charge is -2.14. The monoisotopic (exact) mass is 245 g/mol. The van der Waals surface area contributed by atoms with Crippen LogP contribution in [0.25, 0.3) is 0 Å². The molecule has 2 rings (SSSR count). The van der Waals surface area contributed by atoms with Crippen LogP contribution in [0, 0.1) is 12.7 Å². The molecule has 4 heteroatoms. The fraction of sp³-hybridized carbons (Fsp3) is 0.286. The predicted molar refractivity (Wildman–Crippen MR) is 68.4 cm³/mol. The predicted octanol–water partition coefficient (Wildman–Crippen LogP) is 2.77. The lowest BCUT2D eigenvalue weighted by Crippen LogP contribution is -2.19. The first-order chi connectivity index (χ1) is 8.66. The number of nitrogens with zero attached hydrogens (tertiary/aromatic N) is 2. The zero-order valence-corrected chi connectivity index (χ0v) is 10.5. The zero-order valence-electron chi connectivity index (χ0n) is 10.5. The molecule has 1 N–H and O–H groups in total. The summed E-state index contributed by atoms with van der Waals surface area (Å²) in [6.45, 7) is 4.32. The molecule has 18 heavy (non-hydrogen) atoms. The summed E-state index contributed by atoms with van der Waals surface area (Å²) in [5.41, 5.74) is 1.59. The van der Waals surface area contributed by atoms with Crippen LogP contribution in [-0.2, 0) is 6.54 Å². The van der Waals surface area contributed by atoms with Crippen molar-refractivity contribution in [3.05, 3.63) is 59.4 Å². The molecule has 0 amide bonds. The van der Waals surface area contributed by atoms with E-state index in [9.17, 15) is 4.39 Å². The highest BCUT2D eigenvalue weighted by molar-refractivity contribution is 5.25. The van der Waals surface area contributed by atoms with E-state index in [4.69, 9.17) is 0 Å². The van der Waals surface area contributed by atoms with Gasteiger partial charge in [0.1, 0.15) is 11.6 Å². The lowest BCUT2D eigenvalue weighted by molar-refractivity contribution is 0.550. The molecular formula is C14H16FN3. The third-order valence-corrected chi connectivity index (χ3v) is 2.88. The molecule has 1 unspecified atom stereocenters. The van der Waals surface area contributed by atoms with E-state index in [1.807, 2.05) is 13.0 Å². The van der Waals surface area contributed by atoms with Gasteiger partial charge in [0.2, 0.25) is 0 Å². The number of aromatic nitrogens is 2. The molecule has 0 fully saturated rings. The van der Waals surface area contributed by atoms with Crippen molar-refractivity contribution in [3.8, 4) is 0 Å². The van der Waals surface area contributed by atoms with Gasteiger partial charge in [0, 0.05) is 18.4 Å². The van der Waals surface area contributed by atoms with Crippen molar-refractivity contribution in [2.24, 2.45) is 0 Å². The molecule has 1 aromatic carbocycles. The van der Waals surface area contributed by atoms with Gasteiger partial charge in [-0.3, -0.25) is 0 Å². The summed E-state index contributed by atoms with van der Waals surface area (Å²) < 4.78 is 13.5. The van der Waals surface area contributed by atoms with Gasteiger partial charge in [-0.1, -0.05) is 12.1 Å². The van der Waals surface area contributed by atoms with Crippen LogP contribution in [0.15, 0.2) is 36.7 Å². The maximum Gasteiger partial charge on any atom is 0.141 e. The number of halogens is 1. The molecule has 0 saturated carbocycles. The Kier molecular flexibility index (Phi) is 3.99. The fourth-order valence-electron chi connectivity index (χ4n) is 1.66. The van der Waals surface area contributed by atoms with Crippen molar-refractivity contribution < 1.29 is 4.39 Å². The van der Waals surface area contributed by atoms with Crippen LogP contribution in [0.1, 0.15) is 29.9 Å². The molecule has 0 spiro atoms. The van der Waals surface area contributed by atoms with Crippen molar-refractivity contribution in [3.63, 3.8) is 0 Å². The summed E-state index contributed by atoms with van der Waals surface area (Å²) >= 11 is 0. The maximum absolute atomic E-state index is 13.5. The average molecular weight is 245 g/mol. The molecule has 94 valence electrons. The molecular weight excluding hydrogens is 229 g/mol. The van der Waals surface area contributed by atoms with Gasteiger partial charge >= 0.3 is 0 Å². The van der Waals surface area contributed by atoms with Crippen LogP contribution in [0.3, 0.4) is 0 Å². The Balaban J connectivity index is 1.99. The first-order valence-corrected chi connectivity index (χ1v) is 5.92. The molecule has 1 heterocycles. The molecule has 0 aliphatic heterocycles. The number of aryl methyl sites for hydroxylation is 1. The number of hydrogen-bond donors (Lipinski definition) is 1. The van der Waals surface area contributed by atoms with E-state index in [1.165, 1.54) is 0 Å². The Labute approximate surface area is 106 Å². The normalized spacial score (nSPS) is 12.4. The second kappa shape index (κ2) is 5.69. The van der Waals surface area contributed by atoms with E-state index in [-0.39, 0.29) is 11.9 Å². The van der Waals surface area contributed by atoms with E-state index < -0.39 is 0 Å². The molecule has 0 bridgehead atoms. The highest BCUT2D eigenvalue weighted by Gasteiger charge is 2.07. The van der Waals surface area contributed by atoms with Crippen molar-refractivity contribution in [1.82, 2.24) is 15.3 Å². The third-order valence-electron chi connectivity index (χ3n) is 2.88. The third kappa shape index (κ3) is 3.11. The summed E-state index contributed by atoms with van der Waals surface area (Å²) in [4.78, 5) is 8.26. The van der Waals surface area contributed by atoms with Gasteiger partial charge in [-0.15, -0.1) is 0 Å². The van der Waals surface area contributed by atoms with Crippen molar-refractivity contribution in [2.45, 2.75) is 26.4 Å². The topological polar surface area (TPSA) is 37.8 Å². The van der Waals surface area contributed by atoms with Gasteiger partial charge in [0.25, 0.3) is 0 Å². The van der Waals surface area contributed by atoms with Crippen molar-refractivity contribution >= 4 is 0 Å². The molecule has 2 aromatic rings. The second-order valence-electron chi connectivity index (χ2n) is 4.28.